The molecule has 0 amide bonds. The maximum absolute atomic E-state index is 11.0. The molecule has 0 aromatic carbocycles. The van der Waals surface area contributed by atoms with E-state index in [1.165, 1.54) is 13.8 Å². The van der Waals surface area contributed by atoms with Crippen LogP contribution in [0.4, 0.5) is 0 Å². The number of carbonyl (C=O) groups is 2. The molecule has 4 nitrogen and oxygen atoms in total. The maximum Gasteiger partial charge on any atom is 0.305 e. The van der Waals surface area contributed by atoms with Crippen molar-refractivity contribution in [3.8, 4) is 0 Å². The summed E-state index contributed by atoms with van der Waals surface area (Å²) in [6.07, 6.45) is 4.24. The van der Waals surface area contributed by atoms with Crippen molar-refractivity contribution in [1.29, 1.82) is 0 Å². The number of carbonyl (C=O) groups excluding carboxylic acids is 2. The van der Waals surface area contributed by atoms with Gasteiger partial charge < -0.3 is 9.47 Å². The monoisotopic (exact) mass is 228 g/mol. The molecule has 0 aliphatic heterocycles. The van der Waals surface area contributed by atoms with E-state index in [4.69, 9.17) is 9.47 Å². The summed E-state index contributed by atoms with van der Waals surface area (Å²) < 4.78 is 10.4. The van der Waals surface area contributed by atoms with Gasteiger partial charge in [0.05, 0.1) is 0 Å². The third kappa shape index (κ3) is 3.51. The van der Waals surface area contributed by atoms with Gasteiger partial charge in [0.15, 0.2) is 0 Å². The molecule has 1 aliphatic rings. The van der Waals surface area contributed by atoms with Gasteiger partial charge in [-0.1, -0.05) is 13.3 Å². The van der Waals surface area contributed by atoms with Crippen LogP contribution in [0.1, 0.15) is 52.9 Å². The summed E-state index contributed by atoms with van der Waals surface area (Å²) in [5.74, 6) is -1.13. The Hall–Kier alpha value is -1.06. The van der Waals surface area contributed by atoms with Gasteiger partial charge in [-0.15, -0.1) is 0 Å². The van der Waals surface area contributed by atoms with Crippen LogP contribution in [0.3, 0.4) is 0 Å². The van der Waals surface area contributed by atoms with Crippen LogP contribution in [0.25, 0.3) is 0 Å². The molecular formula is C12H20O4. The van der Waals surface area contributed by atoms with E-state index < -0.39 is 17.7 Å². The first kappa shape index (κ1) is 13.0. The molecule has 0 aromatic heterocycles. The van der Waals surface area contributed by atoms with Crippen molar-refractivity contribution in [2.45, 2.75) is 58.7 Å². The standard InChI is InChI=1S/C12H20O4/c1-4-11-5-7-12(8-6-11,15-9(2)13)16-10(3)14/h11H,4-8H2,1-3H3. The summed E-state index contributed by atoms with van der Waals surface area (Å²) in [5, 5.41) is 0. The topological polar surface area (TPSA) is 52.6 Å². The van der Waals surface area contributed by atoms with E-state index >= 15 is 0 Å². The van der Waals surface area contributed by atoms with E-state index in [9.17, 15) is 9.59 Å². The SMILES string of the molecule is CCC1CCC(OC(C)=O)(OC(C)=O)CC1. The van der Waals surface area contributed by atoms with Crippen LogP contribution in [-0.2, 0) is 19.1 Å². The van der Waals surface area contributed by atoms with E-state index in [2.05, 4.69) is 6.92 Å². The first-order chi connectivity index (χ1) is 7.47. The lowest BCUT2D eigenvalue weighted by Gasteiger charge is -2.37. The lowest BCUT2D eigenvalue weighted by atomic mass is 9.83. The molecule has 0 saturated heterocycles. The average molecular weight is 228 g/mol. The third-order valence-corrected chi connectivity index (χ3v) is 3.10. The fourth-order valence-corrected chi connectivity index (χ4v) is 2.27. The summed E-state index contributed by atoms with van der Waals surface area (Å²) >= 11 is 0. The first-order valence-electron chi connectivity index (χ1n) is 5.86. The van der Waals surface area contributed by atoms with Crippen molar-refractivity contribution < 1.29 is 19.1 Å². The van der Waals surface area contributed by atoms with E-state index in [1.54, 1.807) is 0 Å². The van der Waals surface area contributed by atoms with Crippen LogP contribution >= 0.6 is 0 Å². The van der Waals surface area contributed by atoms with E-state index in [-0.39, 0.29) is 0 Å². The van der Waals surface area contributed by atoms with E-state index in [0.29, 0.717) is 18.8 Å². The summed E-state index contributed by atoms with van der Waals surface area (Å²) in [4.78, 5) is 22.1. The minimum Gasteiger partial charge on any atom is -0.423 e. The van der Waals surface area contributed by atoms with E-state index in [0.717, 1.165) is 19.3 Å². The molecule has 0 bridgehead atoms. The van der Waals surface area contributed by atoms with Crippen LogP contribution in [0.2, 0.25) is 0 Å². The zero-order chi connectivity index (χ0) is 12.2. The van der Waals surface area contributed by atoms with E-state index in [1.807, 2.05) is 0 Å². The molecule has 1 fully saturated rings. The second-order valence-electron chi connectivity index (χ2n) is 4.45. The molecule has 4 heteroatoms. The molecule has 0 aromatic rings. The van der Waals surface area contributed by atoms with Gasteiger partial charge in [-0.2, -0.15) is 0 Å². The minimum atomic E-state index is -0.997. The highest BCUT2D eigenvalue weighted by Crippen LogP contribution is 2.37. The summed E-state index contributed by atoms with van der Waals surface area (Å²) in [6, 6.07) is 0. The van der Waals surface area contributed by atoms with Gasteiger partial charge in [0.1, 0.15) is 0 Å². The number of hydrogen-bond acceptors (Lipinski definition) is 4. The largest absolute Gasteiger partial charge is 0.423 e. The molecule has 0 unspecified atom stereocenters. The molecule has 0 radical (unpaired) electrons. The normalized spacial score (nSPS) is 20.2. The Kier molecular flexibility index (Phi) is 4.33. The number of rotatable bonds is 3. The first-order valence-corrected chi connectivity index (χ1v) is 5.86. The highest BCUT2D eigenvalue weighted by Gasteiger charge is 2.40. The fourth-order valence-electron chi connectivity index (χ4n) is 2.27. The van der Waals surface area contributed by atoms with Gasteiger partial charge in [-0.05, 0) is 18.8 Å². The number of hydrogen-bond donors (Lipinski definition) is 0. The highest BCUT2D eigenvalue weighted by molar-refractivity contribution is 5.68. The smallest absolute Gasteiger partial charge is 0.305 e. The molecule has 0 heterocycles. The van der Waals surface area contributed by atoms with Crippen LogP contribution < -0.4 is 0 Å². The molecular weight excluding hydrogens is 208 g/mol. The zero-order valence-electron chi connectivity index (χ0n) is 10.2. The fraction of sp³-hybridized carbons (Fsp3) is 0.833. The van der Waals surface area contributed by atoms with Crippen LogP contribution in [0.15, 0.2) is 0 Å². The summed E-state index contributed by atoms with van der Waals surface area (Å²) in [7, 11) is 0. The van der Waals surface area contributed by atoms with Crippen molar-refractivity contribution >= 4 is 11.9 Å². The third-order valence-electron chi connectivity index (χ3n) is 3.10. The predicted octanol–water partition coefficient (Wildman–Crippen LogP) is 2.41. The summed E-state index contributed by atoms with van der Waals surface area (Å²) in [6.45, 7) is 4.84. The van der Waals surface area contributed by atoms with Crippen LogP contribution in [0, 0.1) is 5.92 Å². The number of ether oxygens (including phenoxy) is 2. The molecule has 92 valence electrons. The van der Waals surface area contributed by atoms with Gasteiger partial charge in [0.25, 0.3) is 5.79 Å². The Morgan fingerprint density at radius 3 is 1.88 bits per heavy atom. The quantitative estimate of drug-likeness (QED) is 0.550. The Labute approximate surface area is 96.3 Å². The van der Waals surface area contributed by atoms with Crippen molar-refractivity contribution in [1.82, 2.24) is 0 Å². The molecule has 1 rings (SSSR count). The van der Waals surface area contributed by atoms with Gasteiger partial charge in [-0.25, -0.2) is 0 Å². The van der Waals surface area contributed by atoms with Gasteiger partial charge in [0.2, 0.25) is 0 Å². The van der Waals surface area contributed by atoms with Gasteiger partial charge in [0, 0.05) is 26.7 Å². The zero-order valence-corrected chi connectivity index (χ0v) is 10.2. The minimum absolute atomic E-state index is 0.392. The molecule has 0 atom stereocenters. The molecule has 1 saturated carbocycles. The van der Waals surface area contributed by atoms with Gasteiger partial charge >= 0.3 is 11.9 Å². The van der Waals surface area contributed by atoms with Crippen LogP contribution in [0.5, 0.6) is 0 Å². The highest BCUT2D eigenvalue weighted by atomic mass is 16.7. The molecule has 16 heavy (non-hydrogen) atoms. The second kappa shape index (κ2) is 5.32. The Balaban J connectivity index is 2.66. The molecule has 0 spiro atoms. The Bertz CT molecular complexity index is 246. The average Bonchev–Trinajstić information content (AvgIpc) is 2.16. The predicted molar refractivity (Wildman–Crippen MR) is 58.5 cm³/mol. The lowest BCUT2D eigenvalue weighted by Crippen LogP contribution is -2.42. The maximum atomic E-state index is 11.0. The molecule has 0 N–H and O–H groups in total. The Morgan fingerprint density at radius 1 is 1.12 bits per heavy atom. The summed E-state index contributed by atoms with van der Waals surface area (Å²) in [5.41, 5.74) is 0. The molecule has 1 aliphatic carbocycles. The van der Waals surface area contributed by atoms with Crippen molar-refractivity contribution in [2.24, 2.45) is 5.92 Å². The second-order valence-corrected chi connectivity index (χ2v) is 4.45. The Morgan fingerprint density at radius 2 is 1.56 bits per heavy atom. The lowest BCUT2D eigenvalue weighted by molar-refractivity contribution is -0.238. The van der Waals surface area contributed by atoms with Crippen LogP contribution in [-0.4, -0.2) is 17.7 Å². The van der Waals surface area contributed by atoms with Gasteiger partial charge in [-0.3, -0.25) is 9.59 Å². The van der Waals surface area contributed by atoms with Crippen molar-refractivity contribution in [2.75, 3.05) is 0 Å². The van der Waals surface area contributed by atoms with Crippen molar-refractivity contribution in [3.63, 3.8) is 0 Å². The van der Waals surface area contributed by atoms with Crippen molar-refractivity contribution in [3.05, 3.63) is 0 Å². The number of esters is 2.